The summed E-state index contributed by atoms with van der Waals surface area (Å²) < 4.78 is 0. The van der Waals surface area contributed by atoms with Crippen LogP contribution in [-0.2, 0) is 0 Å². The Morgan fingerprint density at radius 3 is 2.79 bits per heavy atom. The van der Waals surface area contributed by atoms with Gasteiger partial charge in [-0.15, -0.1) is 0 Å². The minimum atomic E-state index is -0.686. The van der Waals surface area contributed by atoms with E-state index in [-0.39, 0.29) is 29.5 Å². The number of nitriles is 1. The molecule has 1 unspecified atom stereocenters. The third-order valence-electron chi connectivity index (χ3n) is 2.52. The summed E-state index contributed by atoms with van der Waals surface area (Å²) in [6.45, 7) is 1.79. The molecule has 1 rings (SSSR count). The fourth-order valence-electron chi connectivity index (χ4n) is 1.59. The van der Waals surface area contributed by atoms with Crippen LogP contribution in [0.5, 0.6) is 5.75 Å². The minimum absolute atomic E-state index is 0.155. The van der Waals surface area contributed by atoms with Crippen molar-refractivity contribution in [3.8, 4) is 11.8 Å². The van der Waals surface area contributed by atoms with Crippen LogP contribution in [0.4, 0.5) is 5.69 Å². The average molecular weight is 263 g/mol. The van der Waals surface area contributed by atoms with E-state index >= 15 is 0 Å². The van der Waals surface area contributed by atoms with Crippen molar-refractivity contribution in [1.29, 1.82) is 5.26 Å². The van der Waals surface area contributed by atoms with E-state index in [9.17, 15) is 20.0 Å². The number of hydrogen-bond donors (Lipinski definition) is 1. The Labute approximate surface area is 109 Å². The predicted octanol–water partition coefficient (Wildman–Crippen LogP) is 1.53. The van der Waals surface area contributed by atoms with Crippen LogP contribution >= 0.6 is 0 Å². The van der Waals surface area contributed by atoms with Gasteiger partial charge in [0.25, 0.3) is 11.6 Å². The van der Waals surface area contributed by atoms with E-state index in [2.05, 4.69) is 0 Å². The van der Waals surface area contributed by atoms with Crippen LogP contribution < -0.4 is 0 Å². The molecule has 0 bridgehead atoms. The molecule has 1 amide bonds. The number of nitro benzene ring substituents is 1. The number of hydrogen-bond acceptors (Lipinski definition) is 5. The maximum Gasteiger partial charge on any atom is 0.282 e. The molecule has 7 nitrogen and oxygen atoms in total. The standard InChI is InChI=1S/C12H13N3O4/c1-8(6-13)7-14(2)12(17)10-5-9(16)3-4-11(10)15(18)19/h3-5,8,16H,7H2,1-2H3. The minimum Gasteiger partial charge on any atom is -0.508 e. The fourth-order valence-corrected chi connectivity index (χ4v) is 1.59. The van der Waals surface area contributed by atoms with Crippen LogP contribution in [-0.4, -0.2) is 34.4 Å². The fraction of sp³-hybridized carbons (Fsp3) is 0.333. The molecular weight excluding hydrogens is 250 g/mol. The van der Waals surface area contributed by atoms with Crippen LogP contribution in [0.2, 0.25) is 0 Å². The molecule has 0 heterocycles. The number of benzene rings is 1. The molecule has 0 fully saturated rings. The largest absolute Gasteiger partial charge is 0.508 e. The lowest BCUT2D eigenvalue weighted by molar-refractivity contribution is -0.385. The molecule has 0 aliphatic carbocycles. The number of rotatable bonds is 4. The van der Waals surface area contributed by atoms with Gasteiger partial charge in [-0.05, 0) is 19.1 Å². The average Bonchev–Trinajstić information content (AvgIpc) is 2.36. The molecule has 1 atom stereocenters. The first kappa shape index (κ1) is 14.4. The van der Waals surface area contributed by atoms with Crippen molar-refractivity contribution in [1.82, 2.24) is 4.90 Å². The second kappa shape index (κ2) is 5.82. The van der Waals surface area contributed by atoms with Crippen LogP contribution in [0.15, 0.2) is 18.2 Å². The zero-order valence-electron chi connectivity index (χ0n) is 10.5. The summed E-state index contributed by atoms with van der Waals surface area (Å²) in [5.41, 5.74) is -0.572. The smallest absolute Gasteiger partial charge is 0.282 e. The van der Waals surface area contributed by atoms with Crippen LogP contribution in [0.1, 0.15) is 17.3 Å². The van der Waals surface area contributed by atoms with Gasteiger partial charge in [0.2, 0.25) is 0 Å². The van der Waals surface area contributed by atoms with Gasteiger partial charge in [0.05, 0.1) is 16.9 Å². The highest BCUT2D eigenvalue weighted by molar-refractivity contribution is 5.98. The molecule has 19 heavy (non-hydrogen) atoms. The molecule has 1 aromatic carbocycles. The number of phenolic OH excluding ortho intramolecular Hbond substituents is 1. The van der Waals surface area contributed by atoms with Crippen molar-refractivity contribution in [3.63, 3.8) is 0 Å². The SMILES string of the molecule is CC(C#N)CN(C)C(=O)c1cc(O)ccc1[N+](=O)[O-]. The Morgan fingerprint density at radius 2 is 2.26 bits per heavy atom. The zero-order valence-corrected chi connectivity index (χ0v) is 10.5. The van der Waals surface area contributed by atoms with Gasteiger partial charge in [0.1, 0.15) is 11.3 Å². The van der Waals surface area contributed by atoms with Gasteiger partial charge < -0.3 is 10.0 Å². The normalized spacial score (nSPS) is 11.4. The molecule has 0 aliphatic rings. The van der Waals surface area contributed by atoms with Crippen molar-refractivity contribution in [2.75, 3.05) is 13.6 Å². The van der Waals surface area contributed by atoms with Crippen molar-refractivity contribution < 1.29 is 14.8 Å². The zero-order chi connectivity index (χ0) is 14.6. The Balaban J connectivity index is 3.08. The molecule has 0 radical (unpaired) electrons. The first-order valence-electron chi connectivity index (χ1n) is 5.49. The topological polar surface area (TPSA) is 107 Å². The number of carbonyl (C=O) groups excluding carboxylic acids is 1. The Bertz CT molecular complexity index is 550. The number of nitro groups is 1. The highest BCUT2D eigenvalue weighted by Crippen LogP contribution is 2.24. The van der Waals surface area contributed by atoms with Crippen LogP contribution in [0, 0.1) is 27.4 Å². The number of amides is 1. The summed E-state index contributed by atoms with van der Waals surface area (Å²) in [7, 11) is 1.45. The van der Waals surface area contributed by atoms with Crippen LogP contribution in [0.25, 0.3) is 0 Å². The van der Waals surface area contributed by atoms with E-state index in [0.29, 0.717) is 0 Å². The van der Waals surface area contributed by atoms with E-state index in [1.807, 2.05) is 6.07 Å². The summed E-state index contributed by atoms with van der Waals surface area (Å²) in [6, 6.07) is 5.24. The van der Waals surface area contributed by atoms with Gasteiger partial charge in [0.15, 0.2) is 0 Å². The van der Waals surface area contributed by atoms with E-state index in [1.54, 1.807) is 6.92 Å². The summed E-state index contributed by atoms with van der Waals surface area (Å²) in [4.78, 5) is 23.4. The molecule has 0 aromatic heterocycles. The Kier molecular flexibility index (Phi) is 4.42. The van der Waals surface area contributed by atoms with Crippen molar-refractivity contribution in [3.05, 3.63) is 33.9 Å². The third-order valence-corrected chi connectivity index (χ3v) is 2.52. The monoisotopic (exact) mass is 263 g/mol. The van der Waals surface area contributed by atoms with Gasteiger partial charge >= 0.3 is 0 Å². The summed E-state index contributed by atoms with van der Waals surface area (Å²) >= 11 is 0. The van der Waals surface area contributed by atoms with Gasteiger partial charge in [-0.3, -0.25) is 14.9 Å². The summed E-state index contributed by atoms with van der Waals surface area (Å²) in [6.07, 6.45) is 0. The van der Waals surface area contributed by atoms with Gasteiger partial charge in [-0.1, -0.05) is 0 Å². The van der Waals surface area contributed by atoms with Gasteiger partial charge in [-0.25, -0.2) is 0 Å². The predicted molar refractivity (Wildman–Crippen MR) is 66.5 cm³/mol. The molecule has 1 N–H and O–H groups in total. The van der Waals surface area contributed by atoms with E-state index < -0.39 is 10.8 Å². The molecule has 0 spiro atoms. The van der Waals surface area contributed by atoms with E-state index in [0.717, 1.165) is 18.2 Å². The second-order valence-electron chi connectivity index (χ2n) is 4.17. The lowest BCUT2D eigenvalue weighted by atomic mass is 10.1. The lowest BCUT2D eigenvalue weighted by Crippen LogP contribution is -2.31. The number of phenols is 1. The molecule has 0 aliphatic heterocycles. The summed E-state index contributed by atoms with van der Waals surface area (Å²) in [5, 5.41) is 28.9. The highest BCUT2D eigenvalue weighted by atomic mass is 16.6. The van der Waals surface area contributed by atoms with E-state index in [1.165, 1.54) is 11.9 Å². The van der Waals surface area contributed by atoms with E-state index in [4.69, 9.17) is 5.26 Å². The number of nitrogens with zero attached hydrogens (tertiary/aromatic N) is 3. The van der Waals surface area contributed by atoms with Gasteiger partial charge in [-0.2, -0.15) is 5.26 Å². The number of aromatic hydroxyl groups is 1. The Morgan fingerprint density at radius 1 is 1.63 bits per heavy atom. The molecule has 1 aromatic rings. The van der Waals surface area contributed by atoms with Crippen molar-refractivity contribution >= 4 is 11.6 Å². The van der Waals surface area contributed by atoms with Crippen molar-refractivity contribution in [2.45, 2.75) is 6.92 Å². The number of carbonyl (C=O) groups is 1. The first-order chi connectivity index (χ1) is 8.86. The molecule has 0 saturated heterocycles. The maximum absolute atomic E-state index is 12.1. The first-order valence-corrected chi connectivity index (χ1v) is 5.49. The Hall–Kier alpha value is -2.62. The third kappa shape index (κ3) is 3.42. The summed E-state index contributed by atoms with van der Waals surface area (Å²) in [5.74, 6) is -1.22. The van der Waals surface area contributed by atoms with Gasteiger partial charge in [0, 0.05) is 19.7 Å². The second-order valence-corrected chi connectivity index (χ2v) is 4.17. The maximum atomic E-state index is 12.1. The quantitative estimate of drug-likeness (QED) is 0.654. The highest BCUT2D eigenvalue weighted by Gasteiger charge is 2.24. The van der Waals surface area contributed by atoms with Crippen molar-refractivity contribution in [2.24, 2.45) is 5.92 Å². The molecule has 100 valence electrons. The lowest BCUT2D eigenvalue weighted by Gasteiger charge is -2.18. The molecule has 7 heteroatoms. The van der Waals surface area contributed by atoms with Crippen LogP contribution in [0.3, 0.4) is 0 Å². The molecule has 0 saturated carbocycles. The molecular formula is C12H13N3O4.